The Bertz CT molecular complexity index is 150. The fourth-order valence-corrected chi connectivity index (χ4v) is 0.235. The Morgan fingerprint density at radius 2 is 1.58 bits per heavy atom. The quantitative estimate of drug-likeness (QED) is 0.430. The van der Waals surface area contributed by atoms with Crippen LogP contribution in [0.4, 0.5) is 8.39 Å². The minimum atomic E-state index is -5.64. The van der Waals surface area contributed by atoms with Crippen molar-refractivity contribution in [3.05, 3.63) is 25.3 Å². The van der Waals surface area contributed by atoms with Gasteiger partial charge in [0.2, 0.25) is 0 Å². The van der Waals surface area contributed by atoms with Crippen LogP contribution in [0.2, 0.25) is 0 Å². The van der Waals surface area contributed by atoms with Gasteiger partial charge in [0.15, 0.2) is 0 Å². The minimum absolute atomic E-state index is 0.617. The molecule has 0 aliphatic rings. The Hall–Kier alpha value is -0.510. The molecule has 1 N–H and O–H groups in total. The maximum absolute atomic E-state index is 10.1. The molecule has 0 aromatic rings. The molecule has 0 unspecified atom stereocenters. The van der Waals surface area contributed by atoms with E-state index in [1.807, 2.05) is 0 Å². The lowest BCUT2D eigenvalue weighted by Crippen LogP contribution is -1.87. The fraction of sp³-hybridized carbons (Fsp3) is 0.333. The summed E-state index contributed by atoms with van der Waals surface area (Å²) in [5.74, 6) is 0. The summed E-state index contributed by atoms with van der Waals surface area (Å²) in [5.41, 5.74) is 0. The number of hydrogen-bond donors (Lipinski definition) is 1. The van der Waals surface area contributed by atoms with Gasteiger partial charge in [-0.05, 0) is 0 Å². The smallest absolute Gasteiger partial charge is 0.373 e. The Labute approximate surface area is 70.1 Å². The molecule has 0 rings (SSSR count). The van der Waals surface area contributed by atoms with Gasteiger partial charge in [-0.15, -0.1) is 21.6 Å². The standard InChI is InChI=1S/C6H10O.F2HO2P/c1-3-5-7-6-4-2;1-5(2,3)4/h3-4H,1-2,5-6H2;(H,3,4). The molecular formula is C6H11F2O3P. The molecule has 0 atom stereocenters. The van der Waals surface area contributed by atoms with E-state index in [1.54, 1.807) is 12.2 Å². The van der Waals surface area contributed by atoms with Crippen LogP contribution < -0.4 is 0 Å². The third kappa shape index (κ3) is 56.2. The summed E-state index contributed by atoms with van der Waals surface area (Å²) < 4.78 is 33.6. The lowest BCUT2D eigenvalue weighted by molar-refractivity contribution is 0.194. The highest BCUT2D eigenvalue weighted by Crippen LogP contribution is 2.43. The van der Waals surface area contributed by atoms with E-state index >= 15 is 0 Å². The summed E-state index contributed by atoms with van der Waals surface area (Å²) >= 11 is 0. The van der Waals surface area contributed by atoms with Crippen LogP contribution in [0.3, 0.4) is 0 Å². The molecule has 0 aromatic carbocycles. The molecule has 0 fully saturated rings. The molecule has 0 saturated heterocycles. The Kier molecular flexibility index (Phi) is 10.0. The Morgan fingerprint density at radius 1 is 1.33 bits per heavy atom. The zero-order chi connectivity index (χ0) is 10.0. The minimum Gasteiger partial charge on any atom is -0.373 e. The molecule has 0 aliphatic heterocycles. The first-order chi connectivity index (χ1) is 5.41. The van der Waals surface area contributed by atoms with Crippen LogP contribution in [0, 0.1) is 0 Å². The third-order valence-electron chi connectivity index (χ3n) is 0.471. The average Bonchev–Trinajstić information content (AvgIpc) is 1.85. The maximum Gasteiger partial charge on any atom is 0.549 e. The zero-order valence-corrected chi connectivity index (χ0v) is 7.34. The van der Waals surface area contributed by atoms with Gasteiger partial charge < -0.3 is 4.74 Å². The van der Waals surface area contributed by atoms with Crippen LogP contribution >= 0.6 is 7.99 Å². The second kappa shape index (κ2) is 8.59. The Balaban J connectivity index is 0. The SMILES string of the molecule is C=CCOCC=C.O=P(O)(F)F. The van der Waals surface area contributed by atoms with Gasteiger partial charge in [0.05, 0.1) is 13.2 Å². The first-order valence-corrected chi connectivity index (χ1v) is 4.37. The molecule has 0 radical (unpaired) electrons. The predicted octanol–water partition coefficient (Wildman–Crippen LogP) is 2.40. The van der Waals surface area contributed by atoms with Crippen molar-refractivity contribution in [3.63, 3.8) is 0 Å². The lowest BCUT2D eigenvalue weighted by atomic mass is 10.6. The van der Waals surface area contributed by atoms with Crippen molar-refractivity contribution in [3.8, 4) is 0 Å². The van der Waals surface area contributed by atoms with Crippen LogP contribution in [0.15, 0.2) is 25.3 Å². The zero-order valence-electron chi connectivity index (χ0n) is 6.45. The number of hydrogen-bond acceptors (Lipinski definition) is 2. The van der Waals surface area contributed by atoms with Crippen molar-refractivity contribution in [1.29, 1.82) is 0 Å². The third-order valence-corrected chi connectivity index (χ3v) is 0.471. The molecule has 0 saturated carbocycles. The van der Waals surface area contributed by atoms with E-state index in [1.165, 1.54) is 0 Å². The highest BCUT2D eigenvalue weighted by molar-refractivity contribution is 7.46. The first-order valence-electron chi connectivity index (χ1n) is 2.93. The van der Waals surface area contributed by atoms with E-state index in [0.29, 0.717) is 13.2 Å². The Morgan fingerprint density at radius 3 is 1.75 bits per heavy atom. The molecule has 0 amide bonds. The summed E-state index contributed by atoms with van der Waals surface area (Å²) in [5, 5.41) is 0. The van der Waals surface area contributed by atoms with Crippen LogP contribution in [0.1, 0.15) is 0 Å². The topological polar surface area (TPSA) is 46.5 Å². The van der Waals surface area contributed by atoms with Crippen molar-refractivity contribution in [1.82, 2.24) is 0 Å². The van der Waals surface area contributed by atoms with Gasteiger partial charge in [-0.3, -0.25) is 4.89 Å². The van der Waals surface area contributed by atoms with Gasteiger partial charge in [0, 0.05) is 0 Å². The summed E-state index contributed by atoms with van der Waals surface area (Å²) in [6.45, 7) is 8.18. The summed E-state index contributed by atoms with van der Waals surface area (Å²) in [7, 11) is -5.64. The van der Waals surface area contributed by atoms with Gasteiger partial charge >= 0.3 is 7.99 Å². The number of halogens is 2. The van der Waals surface area contributed by atoms with E-state index in [4.69, 9.17) is 14.2 Å². The molecular weight excluding hydrogens is 189 g/mol. The molecule has 0 aliphatic carbocycles. The maximum atomic E-state index is 10.1. The van der Waals surface area contributed by atoms with Gasteiger partial charge in [-0.25, -0.2) is 4.57 Å². The molecule has 0 spiro atoms. The van der Waals surface area contributed by atoms with E-state index in [9.17, 15) is 8.39 Å². The van der Waals surface area contributed by atoms with Gasteiger partial charge in [0.25, 0.3) is 0 Å². The van der Waals surface area contributed by atoms with Crippen molar-refractivity contribution < 1.29 is 22.6 Å². The van der Waals surface area contributed by atoms with E-state index in [-0.39, 0.29) is 0 Å². The van der Waals surface area contributed by atoms with Crippen molar-refractivity contribution in [2.75, 3.05) is 13.2 Å². The van der Waals surface area contributed by atoms with E-state index < -0.39 is 7.99 Å². The highest BCUT2D eigenvalue weighted by atomic mass is 31.2. The second-order valence-corrected chi connectivity index (χ2v) is 2.42. The highest BCUT2D eigenvalue weighted by Gasteiger charge is 2.09. The van der Waals surface area contributed by atoms with Gasteiger partial charge in [0.1, 0.15) is 0 Å². The summed E-state index contributed by atoms with van der Waals surface area (Å²) in [6.07, 6.45) is 3.42. The first kappa shape index (κ1) is 14.0. The fourth-order valence-electron chi connectivity index (χ4n) is 0.235. The molecule has 72 valence electrons. The van der Waals surface area contributed by atoms with Crippen LogP contribution in [0.5, 0.6) is 0 Å². The predicted molar refractivity (Wildman–Crippen MR) is 43.3 cm³/mol. The van der Waals surface area contributed by atoms with E-state index in [2.05, 4.69) is 13.2 Å². The average molecular weight is 200 g/mol. The largest absolute Gasteiger partial charge is 0.549 e. The van der Waals surface area contributed by atoms with Crippen LogP contribution in [0.25, 0.3) is 0 Å². The van der Waals surface area contributed by atoms with Crippen molar-refractivity contribution >= 4 is 7.99 Å². The van der Waals surface area contributed by atoms with Gasteiger partial charge in [-0.1, -0.05) is 12.2 Å². The number of rotatable bonds is 4. The van der Waals surface area contributed by atoms with Crippen LogP contribution in [-0.4, -0.2) is 18.1 Å². The van der Waals surface area contributed by atoms with Crippen molar-refractivity contribution in [2.45, 2.75) is 0 Å². The normalized spacial score (nSPS) is 9.58. The lowest BCUT2D eigenvalue weighted by Gasteiger charge is -1.89. The van der Waals surface area contributed by atoms with Crippen LogP contribution in [-0.2, 0) is 9.30 Å². The molecule has 12 heavy (non-hydrogen) atoms. The number of ether oxygens (including phenoxy) is 1. The second-order valence-electron chi connectivity index (χ2n) is 1.55. The van der Waals surface area contributed by atoms with Crippen molar-refractivity contribution in [2.24, 2.45) is 0 Å². The summed E-state index contributed by atoms with van der Waals surface area (Å²) in [6, 6.07) is 0. The van der Waals surface area contributed by atoms with E-state index in [0.717, 1.165) is 0 Å². The van der Waals surface area contributed by atoms with Gasteiger partial charge in [-0.2, -0.15) is 0 Å². The summed E-state index contributed by atoms with van der Waals surface area (Å²) in [4.78, 5) is 6.74. The molecule has 0 bridgehead atoms. The molecule has 0 heterocycles. The monoisotopic (exact) mass is 200 g/mol. The molecule has 6 heteroatoms. The molecule has 3 nitrogen and oxygen atoms in total. The molecule has 0 aromatic heterocycles.